The molecule has 19 heavy (non-hydrogen) atoms. The maximum absolute atomic E-state index is 12.3. The third-order valence-electron chi connectivity index (χ3n) is 2.86. The van der Waals surface area contributed by atoms with Crippen molar-refractivity contribution in [2.45, 2.75) is 0 Å². The molecule has 0 N–H and O–H groups in total. The highest BCUT2D eigenvalue weighted by Gasteiger charge is 2.13. The Kier molecular flexibility index (Phi) is 4.07. The molecule has 98 valence electrons. The third kappa shape index (κ3) is 3.06. The van der Waals surface area contributed by atoms with Crippen LogP contribution in [0.25, 0.3) is 0 Å². The molecule has 3 nitrogen and oxygen atoms in total. The Morgan fingerprint density at radius 1 is 1.05 bits per heavy atom. The van der Waals surface area contributed by atoms with Gasteiger partial charge in [-0.05, 0) is 48.5 Å². The first kappa shape index (κ1) is 13.4. The van der Waals surface area contributed by atoms with Crippen molar-refractivity contribution < 1.29 is 9.53 Å². The molecule has 0 aliphatic carbocycles. The fraction of sp³-hybridized carbons (Fsp3) is 0.133. The van der Waals surface area contributed by atoms with E-state index in [9.17, 15) is 4.79 Å². The van der Waals surface area contributed by atoms with Gasteiger partial charge in [0, 0.05) is 23.3 Å². The van der Waals surface area contributed by atoms with Crippen LogP contribution < -0.4 is 9.64 Å². The van der Waals surface area contributed by atoms with Crippen LogP contribution >= 0.6 is 11.6 Å². The van der Waals surface area contributed by atoms with E-state index in [4.69, 9.17) is 16.3 Å². The predicted molar refractivity (Wildman–Crippen MR) is 77.2 cm³/mol. The number of amides is 1. The number of ether oxygens (including phenoxy) is 1. The summed E-state index contributed by atoms with van der Waals surface area (Å²) in [6.45, 7) is 0. The van der Waals surface area contributed by atoms with Gasteiger partial charge in [-0.1, -0.05) is 11.6 Å². The highest BCUT2D eigenvalue weighted by atomic mass is 35.5. The van der Waals surface area contributed by atoms with Crippen LogP contribution in [0.1, 0.15) is 10.4 Å². The minimum atomic E-state index is -0.0787. The van der Waals surface area contributed by atoms with Gasteiger partial charge in [-0.3, -0.25) is 4.79 Å². The molecule has 2 aromatic rings. The Balaban J connectivity index is 2.20. The van der Waals surface area contributed by atoms with Crippen molar-refractivity contribution in [3.05, 3.63) is 59.1 Å². The normalized spacial score (nSPS) is 10.1. The molecule has 0 heterocycles. The number of nitrogens with zero attached hydrogens (tertiary/aromatic N) is 1. The second-order valence-corrected chi connectivity index (χ2v) is 4.51. The molecule has 0 aromatic heterocycles. The standard InChI is InChI=1S/C15H14ClNO2/c1-17(13-7-5-12(16)6-8-13)15(18)11-3-9-14(19-2)10-4-11/h3-10H,1-2H3. The number of rotatable bonds is 3. The Bertz CT molecular complexity index is 564. The SMILES string of the molecule is COc1ccc(C(=O)N(C)c2ccc(Cl)cc2)cc1. The average Bonchev–Trinajstić information content (AvgIpc) is 2.46. The minimum absolute atomic E-state index is 0.0787. The average molecular weight is 276 g/mol. The molecule has 2 rings (SSSR count). The summed E-state index contributed by atoms with van der Waals surface area (Å²) in [6.07, 6.45) is 0. The van der Waals surface area contributed by atoms with Crippen molar-refractivity contribution in [2.75, 3.05) is 19.1 Å². The van der Waals surface area contributed by atoms with Crippen molar-refractivity contribution in [3.8, 4) is 5.75 Å². The Labute approximate surface area is 117 Å². The van der Waals surface area contributed by atoms with Crippen molar-refractivity contribution in [1.29, 1.82) is 0 Å². The first-order chi connectivity index (χ1) is 9.11. The van der Waals surface area contributed by atoms with Gasteiger partial charge in [0.05, 0.1) is 7.11 Å². The van der Waals surface area contributed by atoms with E-state index < -0.39 is 0 Å². The Hall–Kier alpha value is -2.00. The maximum Gasteiger partial charge on any atom is 0.258 e. The number of anilines is 1. The van der Waals surface area contributed by atoms with Crippen LogP contribution in [-0.4, -0.2) is 20.1 Å². The molecule has 0 saturated carbocycles. The van der Waals surface area contributed by atoms with Gasteiger partial charge in [0.25, 0.3) is 5.91 Å². The van der Waals surface area contributed by atoms with E-state index in [1.54, 1.807) is 55.5 Å². The fourth-order valence-corrected chi connectivity index (χ4v) is 1.84. The summed E-state index contributed by atoms with van der Waals surface area (Å²) in [6, 6.07) is 14.2. The van der Waals surface area contributed by atoms with E-state index in [1.165, 1.54) is 0 Å². The zero-order chi connectivity index (χ0) is 13.8. The number of benzene rings is 2. The topological polar surface area (TPSA) is 29.5 Å². The summed E-state index contributed by atoms with van der Waals surface area (Å²) < 4.78 is 5.07. The molecule has 0 aliphatic heterocycles. The lowest BCUT2D eigenvalue weighted by Gasteiger charge is -2.17. The largest absolute Gasteiger partial charge is 0.497 e. The van der Waals surface area contributed by atoms with Gasteiger partial charge in [-0.15, -0.1) is 0 Å². The van der Waals surface area contributed by atoms with E-state index in [0.717, 1.165) is 11.4 Å². The quantitative estimate of drug-likeness (QED) is 0.856. The van der Waals surface area contributed by atoms with Crippen LogP contribution in [0.3, 0.4) is 0 Å². The molecule has 0 radical (unpaired) electrons. The van der Waals surface area contributed by atoms with Crippen molar-refractivity contribution in [3.63, 3.8) is 0 Å². The molecule has 0 unspecified atom stereocenters. The summed E-state index contributed by atoms with van der Waals surface area (Å²) in [7, 11) is 3.33. The lowest BCUT2D eigenvalue weighted by molar-refractivity contribution is 0.0993. The van der Waals surface area contributed by atoms with E-state index in [1.807, 2.05) is 12.1 Å². The number of hydrogen-bond acceptors (Lipinski definition) is 2. The highest BCUT2D eigenvalue weighted by Crippen LogP contribution is 2.19. The van der Waals surface area contributed by atoms with E-state index >= 15 is 0 Å². The van der Waals surface area contributed by atoms with Gasteiger partial charge in [0.2, 0.25) is 0 Å². The number of carbonyl (C=O) groups excluding carboxylic acids is 1. The monoisotopic (exact) mass is 275 g/mol. The zero-order valence-electron chi connectivity index (χ0n) is 10.8. The molecule has 0 spiro atoms. The van der Waals surface area contributed by atoms with Crippen LogP contribution in [0, 0.1) is 0 Å². The summed E-state index contributed by atoms with van der Waals surface area (Å²) in [5, 5.41) is 0.647. The summed E-state index contributed by atoms with van der Waals surface area (Å²) in [5.41, 5.74) is 1.41. The molecule has 1 amide bonds. The lowest BCUT2D eigenvalue weighted by atomic mass is 10.2. The molecular formula is C15H14ClNO2. The molecule has 2 aromatic carbocycles. The Morgan fingerprint density at radius 2 is 1.63 bits per heavy atom. The molecule has 0 bridgehead atoms. The van der Waals surface area contributed by atoms with E-state index in [0.29, 0.717) is 10.6 Å². The van der Waals surface area contributed by atoms with Crippen molar-refractivity contribution in [2.24, 2.45) is 0 Å². The van der Waals surface area contributed by atoms with E-state index in [2.05, 4.69) is 0 Å². The zero-order valence-corrected chi connectivity index (χ0v) is 11.5. The van der Waals surface area contributed by atoms with E-state index in [-0.39, 0.29) is 5.91 Å². The number of halogens is 1. The highest BCUT2D eigenvalue weighted by molar-refractivity contribution is 6.30. The summed E-state index contributed by atoms with van der Waals surface area (Å²) in [5.74, 6) is 0.649. The number of carbonyl (C=O) groups is 1. The molecule has 0 saturated heterocycles. The van der Waals surface area contributed by atoms with Gasteiger partial charge in [0.1, 0.15) is 5.75 Å². The van der Waals surface area contributed by atoms with Gasteiger partial charge in [-0.25, -0.2) is 0 Å². The number of methoxy groups -OCH3 is 1. The van der Waals surface area contributed by atoms with Crippen molar-refractivity contribution >= 4 is 23.2 Å². The van der Waals surface area contributed by atoms with Crippen LogP contribution in [0.4, 0.5) is 5.69 Å². The Morgan fingerprint density at radius 3 is 2.16 bits per heavy atom. The van der Waals surface area contributed by atoms with Gasteiger partial charge in [0.15, 0.2) is 0 Å². The molecule has 0 aliphatic rings. The smallest absolute Gasteiger partial charge is 0.258 e. The van der Waals surface area contributed by atoms with Crippen molar-refractivity contribution in [1.82, 2.24) is 0 Å². The summed E-state index contributed by atoms with van der Waals surface area (Å²) >= 11 is 5.83. The lowest BCUT2D eigenvalue weighted by Crippen LogP contribution is -2.26. The molecular weight excluding hydrogens is 262 g/mol. The minimum Gasteiger partial charge on any atom is -0.497 e. The maximum atomic E-state index is 12.3. The van der Waals surface area contributed by atoms with Crippen LogP contribution in [0.15, 0.2) is 48.5 Å². The van der Waals surface area contributed by atoms with Gasteiger partial charge in [-0.2, -0.15) is 0 Å². The van der Waals surface area contributed by atoms with Crippen LogP contribution in [0.2, 0.25) is 5.02 Å². The van der Waals surface area contributed by atoms with Crippen LogP contribution in [0.5, 0.6) is 5.75 Å². The molecule has 0 fully saturated rings. The second-order valence-electron chi connectivity index (χ2n) is 4.07. The van der Waals surface area contributed by atoms with Gasteiger partial charge >= 0.3 is 0 Å². The third-order valence-corrected chi connectivity index (χ3v) is 3.11. The number of hydrogen-bond donors (Lipinski definition) is 0. The fourth-order valence-electron chi connectivity index (χ4n) is 1.71. The molecule has 4 heteroatoms. The first-order valence-corrected chi connectivity index (χ1v) is 6.17. The molecule has 0 atom stereocenters. The first-order valence-electron chi connectivity index (χ1n) is 5.79. The van der Waals surface area contributed by atoms with Crippen LogP contribution in [-0.2, 0) is 0 Å². The summed E-state index contributed by atoms with van der Waals surface area (Å²) in [4.78, 5) is 13.9. The van der Waals surface area contributed by atoms with Gasteiger partial charge < -0.3 is 9.64 Å². The second kappa shape index (κ2) is 5.76. The predicted octanol–water partition coefficient (Wildman–Crippen LogP) is 3.63.